The van der Waals surface area contributed by atoms with E-state index in [0.29, 0.717) is 5.56 Å². The van der Waals surface area contributed by atoms with Gasteiger partial charge in [0.1, 0.15) is 6.54 Å². The molecule has 0 aliphatic heterocycles. The van der Waals surface area contributed by atoms with Gasteiger partial charge in [-0.3, -0.25) is 9.48 Å². The number of carbonyl (C=O) groups excluding carboxylic acids is 1. The molecule has 2 rings (SSSR count). The molecule has 0 saturated carbocycles. The lowest BCUT2D eigenvalue weighted by Crippen LogP contribution is -2.24. The molecule has 0 saturated heterocycles. The number of rotatable bonds is 4. The predicted molar refractivity (Wildman–Crippen MR) is 78.9 cm³/mol. The van der Waals surface area contributed by atoms with Crippen molar-refractivity contribution in [2.45, 2.75) is 26.6 Å². The Morgan fingerprint density at radius 1 is 1.30 bits per heavy atom. The third-order valence-corrected chi connectivity index (χ3v) is 3.04. The average Bonchev–Trinajstić information content (AvgIpc) is 2.76. The number of amides is 1. The first-order valence-electron chi connectivity index (χ1n) is 6.76. The Kier molecular flexibility index (Phi) is 4.83. The third kappa shape index (κ3) is 4.67. The minimum Gasteiger partial charge on any atom is -0.271 e. The van der Waals surface area contributed by atoms with E-state index in [2.05, 4.69) is 15.6 Å². The fourth-order valence-corrected chi connectivity index (χ4v) is 1.94. The first-order valence-corrected chi connectivity index (χ1v) is 6.76. The Morgan fingerprint density at radius 2 is 1.96 bits per heavy atom. The topological polar surface area (TPSA) is 59.3 Å². The van der Waals surface area contributed by atoms with Crippen molar-refractivity contribution in [1.82, 2.24) is 15.2 Å². The van der Waals surface area contributed by atoms with Crippen LogP contribution in [0.5, 0.6) is 0 Å². The number of hydrazone groups is 1. The van der Waals surface area contributed by atoms with Crippen molar-refractivity contribution in [2.24, 2.45) is 5.10 Å². The van der Waals surface area contributed by atoms with E-state index >= 15 is 0 Å². The van der Waals surface area contributed by atoms with Crippen LogP contribution in [0, 0.1) is 13.8 Å². The van der Waals surface area contributed by atoms with Crippen LogP contribution in [0.1, 0.15) is 22.5 Å². The number of benzene rings is 1. The van der Waals surface area contributed by atoms with E-state index in [9.17, 15) is 18.0 Å². The molecule has 1 N–H and O–H groups in total. The summed E-state index contributed by atoms with van der Waals surface area (Å²) >= 11 is 0. The van der Waals surface area contributed by atoms with E-state index in [4.69, 9.17) is 0 Å². The lowest BCUT2D eigenvalue weighted by Gasteiger charge is -2.05. The van der Waals surface area contributed by atoms with E-state index in [1.807, 2.05) is 19.9 Å². The summed E-state index contributed by atoms with van der Waals surface area (Å²) in [5.41, 5.74) is 3.68. The molecule has 2 aromatic rings. The number of hydrogen-bond acceptors (Lipinski definition) is 3. The van der Waals surface area contributed by atoms with Crippen LogP contribution >= 0.6 is 0 Å². The van der Waals surface area contributed by atoms with Crippen LogP contribution in [-0.4, -0.2) is 21.9 Å². The van der Waals surface area contributed by atoms with Crippen molar-refractivity contribution in [3.8, 4) is 0 Å². The second-order valence-electron chi connectivity index (χ2n) is 5.00. The van der Waals surface area contributed by atoms with Gasteiger partial charge < -0.3 is 0 Å². The molecule has 5 nitrogen and oxygen atoms in total. The summed E-state index contributed by atoms with van der Waals surface area (Å²) in [6.45, 7) is 3.67. The van der Waals surface area contributed by atoms with Gasteiger partial charge in [-0.15, -0.1) is 0 Å². The molecule has 1 aromatic carbocycles. The summed E-state index contributed by atoms with van der Waals surface area (Å²) in [5.74, 6) is -0.376. The first kappa shape index (κ1) is 16.7. The number of aryl methyl sites for hydroxylation is 2. The molecule has 0 unspecified atom stereocenters. The van der Waals surface area contributed by atoms with Gasteiger partial charge in [-0.1, -0.05) is 12.1 Å². The van der Waals surface area contributed by atoms with Crippen molar-refractivity contribution in [3.63, 3.8) is 0 Å². The van der Waals surface area contributed by atoms with E-state index in [-0.39, 0.29) is 12.5 Å². The van der Waals surface area contributed by atoms with Gasteiger partial charge in [-0.05, 0) is 37.6 Å². The molecule has 1 heterocycles. The van der Waals surface area contributed by atoms with Crippen LogP contribution in [0.4, 0.5) is 13.2 Å². The molecule has 1 amide bonds. The number of alkyl halides is 3. The second kappa shape index (κ2) is 6.64. The van der Waals surface area contributed by atoms with Gasteiger partial charge >= 0.3 is 6.18 Å². The molecule has 0 spiro atoms. The SMILES string of the molecule is Cc1cc(C)n(CC(=O)N/N=C\c2ccc(C(F)(F)F)cc2)n1. The molecule has 0 atom stereocenters. The predicted octanol–water partition coefficient (Wildman–Crippen LogP) is 2.67. The molecule has 1 aromatic heterocycles. The van der Waals surface area contributed by atoms with E-state index in [0.717, 1.165) is 23.5 Å². The molecule has 0 bridgehead atoms. The van der Waals surface area contributed by atoms with E-state index in [1.165, 1.54) is 23.0 Å². The highest BCUT2D eigenvalue weighted by Crippen LogP contribution is 2.28. The zero-order chi connectivity index (χ0) is 17.0. The molecular formula is C15H15F3N4O. The van der Waals surface area contributed by atoms with E-state index < -0.39 is 11.7 Å². The summed E-state index contributed by atoms with van der Waals surface area (Å²) in [5, 5.41) is 7.87. The summed E-state index contributed by atoms with van der Waals surface area (Å²) in [7, 11) is 0. The third-order valence-electron chi connectivity index (χ3n) is 3.04. The molecule has 0 aliphatic carbocycles. The molecule has 0 fully saturated rings. The summed E-state index contributed by atoms with van der Waals surface area (Å²) in [6, 6.07) is 6.32. The highest BCUT2D eigenvalue weighted by Gasteiger charge is 2.29. The van der Waals surface area contributed by atoms with Gasteiger partial charge in [-0.2, -0.15) is 23.4 Å². The van der Waals surface area contributed by atoms with Gasteiger partial charge in [0.15, 0.2) is 0 Å². The molecular weight excluding hydrogens is 309 g/mol. The van der Waals surface area contributed by atoms with Crippen molar-refractivity contribution >= 4 is 12.1 Å². The highest BCUT2D eigenvalue weighted by atomic mass is 19.4. The number of aromatic nitrogens is 2. The van der Waals surface area contributed by atoms with Gasteiger partial charge in [-0.25, -0.2) is 5.43 Å². The minimum absolute atomic E-state index is 0.0179. The number of nitrogens with zero attached hydrogens (tertiary/aromatic N) is 3. The number of carbonyl (C=O) groups is 1. The Balaban J connectivity index is 1.91. The first-order chi connectivity index (χ1) is 10.8. The van der Waals surface area contributed by atoms with Gasteiger partial charge in [0.05, 0.1) is 17.5 Å². The summed E-state index contributed by atoms with van der Waals surface area (Å²) in [6.07, 6.45) is -3.09. The van der Waals surface area contributed by atoms with Gasteiger partial charge in [0.25, 0.3) is 5.91 Å². The molecule has 23 heavy (non-hydrogen) atoms. The fourth-order valence-electron chi connectivity index (χ4n) is 1.94. The highest BCUT2D eigenvalue weighted by molar-refractivity contribution is 5.82. The number of halogens is 3. The monoisotopic (exact) mass is 324 g/mol. The fraction of sp³-hybridized carbons (Fsp3) is 0.267. The summed E-state index contributed by atoms with van der Waals surface area (Å²) < 4.78 is 38.8. The normalized spacial score (nSPS) is 11.9. The Bertz CT molecular complexity index is 717. The van der Waals surface area contributed by atoms with Crippen molar-refractivity contribution in [3.05, 3.63) is 52.8 Å². The molecule has 0 radical (unpaired) electrons. The Labute approximate surface area is 130 Å². The number of hydrogen-bond donors (Lipinski definition) is 1. The van der Waals surface area contributed by atoms with Gasteiger partial charge in [0, 0.05) is 5.69 Å². The van der Waals surface area contributed by atoms with Crippen LogP contribution in [0.15, 0.2) is 35.4 Å². The smallest absolute Gasteiger partial charge is 0.271 e. The largest absolute Gasteiger partial charge is 0.416 e. The lowest BCUT2D eigenvalue weighted by atomic mass is 10.1. The number of nitrogens with one attached hydrogen (secondary N) is 1. The molecule has 0 aliphatic rings. The minimum atomic E-state index is -4.37. The Morgan fingerprint density at radius 3 is 2.48 bits per heavy atom. The zero-order valence-corrected chi connectivity index (χ0v) is 12.6. The van der Waals surface area contributed by atoms with Gasteiger partial charge in [0.2, 0.25) is 0 Å². The molecule has 122 valence electrons. The Hall–Kier alpha value is -2.64. The standard InChI is InChI=1S/C15H15F3N4O/c1-10-7-11(2)22(21-10)9-14(23)20-19-8-12-3-5-13(6-4-12)15(16,17)18/h3-8H,9H2,1-2H3,(H,20,23)/b19-8-. The van der Waals surface area contributed by atoms with Crippen LogP contribution < -0.4 is 5.43 Å². The van der Waals surface area contributed by atoms with Crippen LogP contribution in [0.2, 0.25) is 0 Å². The maximum absolute atomic E-state index is 12.4. The van der Waals surface area contributed by atoms with Crippen LogP contribution in [0.3, 0.4) is 0 Å². The van der Waals surface area contributed by atoms with Crippen LogP contribution in [0.25, 0.3) is 0 Å². The van der Waals surface area contributed by atoms with Crippen molar-refractivity contribution < 1.29 is 18.0 Å². The summed E-state index contributed by atoms with van der Waals surface area (Å²) in [4.78, 5) is 11.7. The van der Waals surface area contributed by atoms with Crippen molar-refractivity contribution in [1.29, 1.82) is 0 Å². The van der Waals surface area contributed by atoms with E-state index in [1.54, 1.807) is 0 Å². The quantitative estimate of drug-likeness (QED) is 0.694. The molecule has 8 heteroatoms. The van der Waals surface area contributed by atoms with Crippen LogP contribution in [-0.2, 0) is 17.5 Å². The van der Waals surface area contributed by atoms with Crippen molar-refractivity contribution in [2.75, 3.05) is 0 Å². The lowest BCUT2D eigenvalue weighted by molar-refractivity contribution is -0.137. The zero-order valence-electron chi connectivity index (χ0n) is 12.6. The maximum Gasteiger partial charge on any atom is 0.416 e. The maximum atomic E-state index is 12.4. The second-order valence-corrected chi connectivity index (χ2v) is 5.00. The average molecular weight is 324 g/mol.